The number of hydrogen-bond donors (Lipinski definition) is 1. The first-order chi connectivity index (χ1) is 10.5. The number of hydrogen-bond acceptors (Lipinski definition) is 4. The van der Waals surface area contributed by atoms with Crippen molar-refractivity contribution >= 4 is 15.7 Å². The standard InChI is InChI=1S/C16H17NO4S/c1-11-3-5-14(12(2)9-11)17-22(18,19)13-4-6-15-16(10-13)21-8-7-20-15/h3-6,9-10,17H,7-8H2,1-2H3. The Hall–Kier alpha value is -2.21. The topological polar surface area (TPSA) is 64.6 Å². The molecule has 22 heavy (non-hydrogen) atoms. The quantitative estimate of drug-likeness (QED) is 0.945. The highest BCUT2D eigenvalue weighted by Crippen LogP contribution is 2.33. The largest absolute Gasteiger partial charge is 0.486 e. The second kappa shape index (κ2) is 5.53. The summed E-state index contributed by atoms with van der Waals surface area (Å²) < 4.78 is 38.5. The van der Waals surface area contributed by atoms with Gasteiger partial charge in [0.1, 0.15) is 13.2 Å². The van der Waals surface area contributed by atoms with Gasteiger partial charge >= 0.3 is 0 Å². The molecule has 5 nitrogen and oxygen atoms in total. The van der Waals surface area contributed by atoms with E-state index < -0.39 is 10.0 Å². The number of benzene rings is 2. The van der Waals surface area contributed by atoms with Gasteiger partial charge in [-0.3, -0.25) is 4.72 Å². The average molecular weight is 319 g/mol. The molecule has 0 saturated carbocycles. The molecule has 0 fully saturated rings. The van der Waals surface area contributed by atoms with E-state index in [0.717, 1.165) is 11.1 Å². The van der Waals surface area contributed by atoms with Crippen LogP contribution in [0.2, 0.25) is 0 Å². The lowest BCUT2D eigenvalue weighted by Gasteiger charge is -2.19. The first kappa shape index (κ1) is 14.7. The molecule has 0 aromatic heterocycles. The highest BCUT2D eigenvalue weighted by atomic mass is 32.2. The minimum absolute atomic E-state index is 0.150. The summed E-state index contributed by atoms with van der Waals surface area (Å²) in [5, 5.41) is 0. The van der Waals surface area contributed by atoms with Crippen LogP contribution in [0.25, 0.3) is 0 Å². The molecule has 0 bridgehead atoms. The van der Waals surface area contributed by atoms with Crippen molar-refractivity contribution < 1.29 is 17.9 Å². The van der Waals surface area contributed by atoms with Gasteiger partial charge < -0.3 is 9.47 Å². The van der Waals surface area contributed by atoms with Crippen LogP contribution in [0, 0.1) is 13.8 Å². The summed E-state index contributed by atoms with van der Waals surface area (Å²) in [6.45, 7) is 4.72. The molecule has 0 unspecified atom stereocenters. The number of sulfonamides is 1. The molecule has 2 aromatic rings. The fourth-order valence-corrected chi connectivity index (χ4v) is 3.47. The zero-order valence-electron chi connectivity index (χ0n) is 12.4. The van der Waals surface area contributed by atoms with Gasteiger partial charge in [-0.25, -0.2) is 8.42 Å². The van der Waals surface area contributed by atoms with E-state index in [1.807, 2.05) is 26.0 Å². The van der Waals surface area contributed by atoms with Crippen LogP contribution in [0.5, 0.6) is 11.5 Å². The molecular formula is C16H17NO4S. The molecule has 1 aliphatic heterocycles. The van der Waals surface area contributed by atoms with Crippen molar-refractivity contribution in [2.75, 3.05) is 17.9 Å². The first-order valence-corrected chi connectivity index (χ1v) is 8.44. The van der Waals surface area contributed by atoms with Gasteiger partial charge in [0.15, 0.2) is 11.5 Å². The van der Waals surface area contributed by atoms with Crippen molar-refractivity contribution in [1.82, 2.24) is 0 Å². The van der Waals surface area contributed by atoms with E-state index in [1.54, 1.807) is 12.1 Å². The molecule has 6 heteroatoms. The van der Waals surface area contributed by atoms with Crippen LogP contribution in [0.15, 0.2) is 41.3 Å². The molecule has 1 N–H and O–H groups in total. The number of rotatable bonds is 3. The molecular weight excluding hydrogens is 302 g/mol. The van der Waals surface area contributed by atoms with Gasteiger partial charge in [-0.1, -0.05) is 17.7 Å². The molecule has 0 saturated heterocycles. The average Bonchev–Trinajstić information content (AvgIpc) is 2.49. The monoisotopic (exact) mass is 319 g/mol. The lowest BCUT2D eigenvalue weighted by Crippen LogP contribution is -2.17. The van der Waals surface area contributed by atoms with Crippen LogP contribution in [0.3, 0.4) is 0 Å². The Bertz CT molecular complexity index is 815. The Morgan fingerprint density at radius 2 is 1.68 bits per heavy atom. The predicted octanol–water partition coefficient (Wildman–Crippen LogP) is 2.88. The van der Waals surface area contributed by atoms with Gasteiger partial charge in [-0.05, 0) is 37.6 Å². The minimum Gasteiger partial charge on any atom is -0.486 e. The third-order valence-electron chi connectivity index (χ3n) is 3.45. The summed E-state index contributed by atoms with van der Waals surface area (Å²) in [5.74, 6) is 1.02. The fourth-order valence-electron chi connectivity index (χ4n) is 2.32. The first-order valence-electron chi connectivity index (χ1n) is 6.95. The van der Waals surface area contributed by atoms with Crippen LogP contribution in [0.4, 0.5) is 5.69 Å². The van der Waals surface area contributed by atoms with E-state index in [4.69, 9.17) is 9.47 Å². The third kappa shape index (κ3) is 2.87. The summed E-state index contributed by atoms with van der Waals surface area (Å²) in [6, 6.07) is 10.2. The van der Waals surface area contributed by atoms with E-state index in [1.165, 1.54) is 12.1 Å². The maximum atomic E-state index is 12.5. The highest BCUT2D eigenvalue weighted by Gasteiger charge is 2.20. The number of ether oxygens (including phenoxy) is 2. The van der Waals surface area contributed by atoms with Gasteiger partial charge in [-0.2, -0.15) is 0 Å². The van der Waals surface area contributed by atoms with Gasteiger partial charge in [0.2, 0.25) is 0 Å². The van der Waals surface area contributed by atoms with E-state index in [-0.39, 0.29) is 4.90 Å². The second-order valence-electron chi connectivity index (χ2n) is 5.23. The molecule has 0 spiro atoms. The molecule has 3 rings (SSSR count). The summed E-state index contributed by atoms with van der Waals surface area (Å²) in [7, 11) is -3.67. The molecule has 1 aliphatic rings. The zero-order valence-corrected chi connectivity index (χ0v) is 13.2. The van der Waals surface area contributed by atoms with Crippen molar-refractivity contribution in [2.45, 2.75) is 18.7 Å². The Labute approximate surface area is 129 Å². The van der Waals surface area contributed by atoms with Crippen molar-refractivity contribution in [3.8, 4) is 11.5 Å². The molecule has 2 aromatic carbocycles. The fraction of sp³-hybridized carbons (Fsp3) is 0.250. The third-order valence-corrected chi connectivity index (χ3v) is 4.81. The summed E-state index contributed by atoms with van der Waals surface area (Å²) in [6.07, 6.45) is 0. The summed E-state index contributed by atoms with van der Waals surface area (Å²) >= 11 is 0. The summed E-state index contributed by atoms with van der Waals surface area (Å²) in [4.78, 5) is 0.150. The summed E-state index contributed by atoms with van der Waals surface area (Å²) in [5.41, 5.74) is 2.53. The Morgan fingerprint density at radius 1 is 0.955 bits per heavy atom. The van der Waals surface area contributed by atoms with Crippen molar-refractivity contribution in [1.29, 1.82) is 0 Å². The van der Waals surface area contributed by atoms with Gasteiger partial charge in [0, 0.05) is 6.07 Å². The van der Waals surface area contributed by atoms with E-state index in [2.05, 4.69) is 4.72 Å². The number of fused-ring (bicyclic) bond motifs is 1. The van der Waals surface area contributed by atoms with Crippen molar-refractivity contribution in [3.63, 3.8) is 0 Å². The van der Waals surface area contributed by atoms with Crippen molar-refractivity contribution in [2.24, 2.45) is 0 Å². The van der Waals surface area contributed by atoms with Gasteiger partial charge in [-0.15, -0.1) is 0 Å². The SMILES string of the molecule is Cc1ccc(NS(=O)(=O)c2ccc3c(c2)OCCO3)c(C)c1. The minimum atomic E-state index is -3.67. The smallest absolute Gasteiger partial charge is 0.262 e. The van der Waals surface area contributed by atoms with Crippen LogP contribution >= 0.6 is 0 Å². The number of nitrogens with one attached hydrogen (secondary N) is 1. The maximum absolute atomic E-state index is 12.5. The Kier molecular flexibility index (Phi) is 3.70. The Morgan fingerprint density at radius 3 is 2.41 bits per heavy atom. The normalized spacial score (nSPS) is 13.7. The highest BCUT2D eigenvalue weighted by molar-refractivity contribution is 7.92. The van der Waals surface area contributed by atoms with E-state index in [0.29, 0.717) is 30.4 Å². The molecule has 0 aliphatic carbocycles. The zero-order chi connectivity index (χ0) is 15.7. The predicted molar refractivity (Wildman–Crippen MR) is 84.2 cm³/mol. The molecule has 0 atom stereocenters. The molecule has 1 heterocycles. The van der Waals surface area contributed by atoms with E-state index in [9.17, 15) is 8.42 Å². The second-order valence-corrected chi connectivity index (χ2v) is 6.91. The molecule has 0 amide bonds. The van der Waals surface area contributed by atoms with Gasteiger partial charge in [0.25, 0.3) is 10.0 Å². The van der Waals surface area contributed by atoms with Crippen LogP contribution in [-0.2, 0) is 10.0 Å². The number of aryl methyl sites for hydroxylation is 2. The van der Waals surface area contributed by atoms with Gasteiger partial charge in [0.05, 0.1) is 10.6 Å². The molecule has 0 radical (unpaired) electrons. The lowest BCUT2D eigenvalue weighted by atomic mass is 10.1. The maximum Gasteiger partial charge on any atom is 0.262 e. The van der Waals surface area contributed by atoms with Crippen LogP contribution < -0.4 is 14.2 Å². The van der Waals surface area contributed by atoms with E-state index >= 15 is 0 Å². The van der Waals surface area contributed by atoms with Crippen LogP contribution in [0.1, 0.15) is 11.1 Å². The number of anilines is 1. The lowest BCUT2D eigenvalue weighted by molar-refractivity contribution is 0.171. The molecule has 116 valence electrons. The Balaban J connectivity index is 1.92. The van der Waals surface area contributed by atoms with Crippen molar-refractivity contribution in [3.05, 3.63) is 47.5 Å². The van der Waals surface area contributed by atoms with Crippen LogP contribution in [-0.4, -0.2) is 21.6 Å².